The molecule has 9 heteroatoms. The van der Waals surface area contributed by atoms with E-state index in [-0.39, 0.29) is 11.7 Å². The number of carbonyl (C=O) groups is 1. The lowest BCUT2D eigenvalue weighted by Crippen LogP contribution is -2.60. The zero-order chi connectivity index (χ0) is 25.4. The van der Waals surface area contributed by atoms with E-state index >= 15 is 0 Å². The van der Waals surface area contributed by atoms with Crippen LogP contribution < -0.4 is 10.1 Å². The Balaban J connectivity index is 1.41. The van der Waals surface area contributed by atoms with Gasteiger partial charge in [-0.1, -0.05) is 40.2 Å². The first-order chi connectivity index (χ1) is 17.4. The van der Waals surface area contributed by atoms with Crippen molar-refractivity contribution >= 4 is 27.4 Å². The first-order valence-electron chi connectivity index (χ1n) is 11.9. The van der Waals surface area contributed by atoms with Gasteiger partial charge in [0.25, 0.3) is 0 Å². The Morgan fingerprint density at radius 3 is 2.39 bits per heavy atom. The van der Waals surface area contributed by atoms with Crippen LogP contribution in [0.1, 0.15) is 36.3 Å². The lowest BCUT2D eigenvalue weighted by atomic mass is 9.79. The molecule has 2 aliphatic heterocycles. The third-order valence-electron chi connectivity index (χ3n) is 6.88. The number of allylic oxidation sites excluding steroid dienone is 3. The molecule has 0 spiro atoms. The van der Waals surface area contributed by atoms with Gasteiger partial charge in [-0.25, -0.2) is 0 Å². The molecule has 0 saturated carbocycles. The summed E-state index contributed by atoms with van der Waals surface area (Å²) in [5.74, 6) is 0.286. The van der Waals surface area contributed by atoms with Crippen LogP contribution in [0.25, 0.3) is 5.70 Å². The molecule has 1 fully saturated rings. The van der Waals surface area contributed by atoms with Crippen molar-refractivity contribution in [3.8, 4) is 5.75 Å². The Morgan fingerprint density at radius 1 is 0.972 bits per heavy atom. The molecule has 1 saturated heterocycles. The first kappa shape index (κ1) is 25.1. The monoisotopic (exact) mass is 557 g/mol. The van der Waals surface area contributed by atoms with Gasteiger partial charge in [-0.3, -0.25) is 4.79 Å². The Bertz CT molecular complexity index is 1180. The van der Waals surface area contributed by atoms with Crippen LogP contribution >= 0.6 is 15.9 Å². The lowest BCUT2D eigenvalue weighted by molar-refractivity contribution is -0.277. The molecule has 3 aliphatic rings. The van der Waals surface area contributed by atoms with Crippen LogP contribution in [0.3, 0.4) is 0 Å². The minimum atomic E-state index is -1.51. The van der Waals surface area contributed by atoms with Gasteiger partial charge in [0, 0.05) is 33.8 Å². The molecule has 6 atom stereocenters. The SMILES string of the molecule is O=C1CCCC2=C1C(c1ccc(O[C@@H]3O[C@H](CO)[C@@H](O)[C@@H](O)[C@H]3O)cc1)C=C(c1ccc(Br)cc1)N2. The van der Waals surface area contributed by atoms with Crippen molar-refractivity contribution in [2.75, 3.05) is 6.61 Å². The van der Waals surface area contributed by atoms with Gasteiger partial charge in [0.2, 0.25) is 6.29 Å². The summed E-state index contributed by atoms with van der Waals surface area (Å²) in [5.41, 5.74) is 4.62. The molecule has 1 unspecified atom stereocenters. The molecular weight excluding hydrogens is 530 g/mol. The third-order valence-corrected chi connectivity index (χ3v) is 7.41. The number of ketones is 1. The van der Waals surface area contributed by atoms with E-state index in [0.29, 0.717) is 12.2 Å². The van der Waals surface area contributed by atoms with Gasteiger partial charge in [0.15, 0.2) is 5.78 Å². The van der Waals surface area contributed by atoms with E-state index in [1.165, 1.54) is 0 Å². The summed E-state index contributed by atoms with van der Waals surface area (Å²) in [6.07, 6.45) is -2.54. The maximum Gasteiger partial charge on any atom is 0.229 e. The van der Waals surface area contributed by atoms with Crippen molar-refractivity contribution in [2.24, 2.45) is 0 Å². The van der Waals surface area contributed by atoms with E-state index in [4.69, 9.17) is 9.47 Å². The molecule has 36 heavy (non-hydrogen) atoms. The molecule has 5 rings (SSSR count). The number of halogens is 1. The number of ether oxygens (including phenoxy) is 2. The van der Waals surface area contributed by atoms with Crippen molar-refractivity contribution in [3.63, 3.8) is 0 Å². The minimum absolute atomic E-state index is 0.140. The predicted molar refractivity (Wildman–Crippen MR) is 135 cm³/mol. The number of Topliss-reactive ketones (excluding diaryl/α,β-unsaturated/α-hetero) is 1. The van der Waals surface area contributed by atoms with Crippen molar-refractivity contribution in [1.29, 1.82) is 0 Å². The van der Waals surface area contributed by atoms with Crippen molar-refractivity contribution in [3.05, 3.63) is 81.5 Å². The Hall–Kier alpha value is -2.53. The first-order valence-corrected chi connectivity index (χ1v) is 12.7. The number of benzene rings is 2. The largest absolute Gasteiger partial charge is 0.462 e. The van der Waals surface area contributed by atoms with Crippen LogP contribution in [0.2, 0.25) is 0 Å². The van der Waals surface area contributed by atoms with E-state index in [1.54, 1.807) is 12.1 Å². The topological polar surface area (TPSA) is 128 Å². The number of dihydropyridines is 1. The highest BCUT2D eigenvalue weighted by molar-refractivity contribution is 9.10. The number of carbonyl (C=O) groups excluding carboxylic acids is 1. The molecule has 0 amide bonds. The molecule has 5 N–H and O–H groups in total. The second-order valence-corrected chi connectivity index (χ2v) is 10.2. The van der Waals surface area contributed by atoms with E-state index in [1.807, 2.05) is 36.4 Å². The Labute approximate surface area is 217 Å². The maximum atomic E-state index is 12.9. The Kier molecular flexibility index (Phi) is 7.30. The van der Waals surface area contributed by atoms with Gasteiger partial charge >= 0.3 is 0 Å². The molecule has 2 aromatic carbocycles. The second-order valence-electron chi connectivity index (χ2n) is 9.24. The highest BCUT2D eigenvalue weighted by atomic mass is 79.9. The highest BCUT2D eigenvalue weighted by Crippen LogP contribution is 2.40. The molecule has 2 heterocycles. The van der Waals surface area contributed by atoms with E-state index in [2.05, 4.69) is 27.3 Å². The standard InChI is InChI=1S/C27H28BrNO7/c28-16-8-4-15(5-9-16)20-12-18(23-19(29-20)2-1-3-21(23)31)14-6-10-17(11-7-14)35-27-26(34)25(33)24(32)22(13-30)36-27/h4-12,18,22,24-27,29-30,32-34H,1-3,13H2/t18?,22-,24-,25-,26-,27-/m1/s1. The van der Waals surface area contributed by atoms with Gasteiger partial charge in [-0.2, -0.15) is 0 Å². The van der Waals surface area contributed by atoms with E-state index in [9.17, 15) is 25.2 Å². The highest BCUT2D eigenvalue weighted by Gasteiger charge is 2.44. The fraction of sp³-hybridized carbons (Fsp3) is 0.370. The molecule has 8 nitrogen and oxygen atoms in total. The molecule has 190 valence electrons. The Morgan fingerprint density at radius 2 is 1.69 bits per heavy atom. The fourth-order valence-electron chi connectivity index (χ4n) is 4.92. The number of aliphatic hydroxyl groups is 4. The predicted octanol–water partition coefficient (Wildman–Crippen LogP) is 2.36. The summed E-state index contributed by atoms with van der Waals surface area (Å²) in [4.78, 5) is 12.9. The normalized spacial score (nSPS) is 30.4. The summed E-state index contributed by atoms with van der Waals surface area (Å²) in [6, 6.07) is 15.1. The second kappa shape index (κ2) is 10.5. The molecule has 0 aromatic heterocycles. The van der Waals surface area contributed by atoms with Crippen LogP contribution in [0.5, 0.6) is 5.75 Å². The van der Waals surface area contributed by atoms with Crippen LogP contribution in [-0.2, 0) is 9.53 Å². The van der Waals surface area contributed by atoms with Crippen molar-refractivity contribution in [1.82, 2.24) is 5.32 Å². The molecule has 1 aliphatic carbocycles. The zero-order valence-corrected chi connectivity index (χ0v) is 21.0. The lowest BCUT2D eigenvalue weighted by Gasteiger charge is -2.39. The molecule has 0 bridgehead atoms. The van der Waals surface area contributed by atoms with Gasteiger partial charge in [-0.05, 0) is 54.3 Å². The van der Waals surface area contributed by atoms with Gasteiger partial charge in [0.05, 0.1) is 6.61 Å². The summed E-state index contributed by atoms with van der Waals surface area (Å²) >= 11 is 3.47. The van der Waals surface area contributed by atoms with Crippen molar-refractivity contribution in [2.45, 2.75) is 55.9 Å². The summed E-state index contributed by atoms with van der Waals surface area (Å²) < 4.78 is 12.1. The van der Waals surface area contributed by atoms with Gasteiger partial charge < -0.3 is 35.2 Å². The van der Waals surface area contributed by atoms with Crippen LogP contribution in [0, 0.1) is 0 Å². The zero-order valence-electron chi connectivity index (χ0n) is 19.4. The van der Waals surface area contributed by atoms with Crippen LogP contribution in [0.4, 0.5) is 0 Å². The smallest absolute Gasteiger partial charge is 0.229 e. The molecular formula is C27H28BrNO7. The number of hydrogen-bond donors (Lipinski definition) is 5. The number of aliphatic hydroxyl groups excluding tert-OH is 4. The number of nitrogens with one attached hydrogen (secondary N) is 1. The van der Waals surface area contributed by atoms with Gasteiger partial charge in [0.1, 0.15) is 30.2 Å². The molecule has 2 aromatic rings. The van der Waals surface area contributed by atoms with Crippen LogP contribution in [-0.4, -0.2) is 63.5 Å². The summed E-state index contributed by atoms with van der Waals surface area (Å²) in [7, 11) is 0. The average molecular weight is 558 g/mol. The minimum Gasteiger partial charge on any atom is -0.462 e. The van der Waals surface area contributed by atoms with Crippen molar-refractivity contribution < 1.29 is 34.7 Å². The summed E-state index contributed by atoms with van der Waals surface area (Å²) in [6.45, 7) is -0.530. The fourth-order valence-corrected chi connectivity index (χ4v) is 5.19. The maximum absolute atomic E-state index is 12.9. The van der Waals surface area contributed by atoms with E-state index in [0.717, 1.165) is 45.4 Å². The third kappa shape index (κ3) is 4.87. The molecule has 0 radical (unpaired) electrons. The average Bonchev–Trinajstić information content (AvgIpc) is 2.89. The number of rotatable bonds is 5. The van der Waals surface area contributed by atoms with Gasteiger partial charge in [-0.15, -0.1) is 0 Å². The van der Waals surface area contributed by atoms with Crippen LogP contribution in [0.15, 0.2) is 70.3 Å². The quantitative estimate of drug-likeness (QED) is 0.379. The summed E-state index contributed by atoms with van der Waals surface area (Å²) in [5, 5.41) is 43.1. The van der Waals surface area contributed by atoms with E-state index < -0.39 is 37.3 Å². The number of hydrogen-bond acceptors (Lipinski definition) is 8.